The molecule has 0 aromatic heterocycles. The van der Waals surface area contributed by atoms with Crippen LogP contribution in [0.25, 0.3) is 0 Å². The third kappa shape index (κ3) is 1.38. The Balaban J connectivity index is 1.99. The summed E-state index contributed by atoms with van der Waals surface area (Å²) < 4.78 is 0. The van der Waals surface area contributed by atoms with Gasteiger partial charge in [0, 0.05) is 19.0 Å². The van der Waals surface area contributed by atoms with Gasteiger partial charge in [-0.15, -0.1) is 0 Å². The van der Waals surface area contributed by atoms with Crippen LogP contribution in [0.3, 0.4) is 0 Å². The molecule has 1 unspecified atom stereocenters. The molecule has 0 spiro atoms. The number of likely N-dealkylation sites (tertiary alicyclic amines) is 1. The van der Waals surface area contributed by atoms with Crippen LogP contribution < -0.4 is 0 Å². The average Bonchev–Trinajstić information content (AvgIpc) is 2.53. The van der Waals surface area contributed by atoms with Gasteiger partial charge in [-0.1, -0.05) is 12.2 Å². The fraction of sp³-hybridized carbons (Fsp3) is 0.700. The summed E-state index contributed by atoms with van der Waals surface area (Å²) in [4.78, 5) is 13.4. The average molecular weight is 165 g/mol. The Hall–Kier alpha value is -0.790. The fourth-order valence-electron chi connectivity index (χ4n) is 2.12. The predicted octanol–water partition coefficient (Wildman–Crippen LogP) is 1.72. The highest BCUT2D eigenvalue weighted by Crippen LogP contribution is 2.22. The Morgan fingerprint density at radius 2 is 2.33 bits per heavy atom. The van der Waals surface area contributed by atoms with Gasteiger partial charge >= 0.3 is 0 Å². The van der Waals surface area contributed by atoms with Crippen LogP contribution in [0.2, 0.25) is 0 Å². The molecule has 2 nitrogen and oxygen atoms in total. The van der Waals surface area contributed by atoms with Gasteiger partial charge in [0.15, 0.2) is 0 Å². The van der Waals surface area contributed by atoms with Crippen molar-refractivity contribution in [3.63, 3.8) is 0 Å². The first-order valence-corrected chi connectivity index (χ1v) is 4.82. The summed E-state index contributed by atoms with van der Waals surface area (Å²) in [5, 5.41) is 0. The van der Waals surface area contributed by atoms with Crippen molar-refractivity contribution in [1.29, 1.82) is 0 Å². The molecule has 1 amide bonds. The molecule has 2 aliphatic rings. The normalized spacial score (nSPS) is 29.8. The summed E-state index contributed by atoms with van der Waals surface area (Å²) in [5.41, 5.74) is 0. The predicted molar refractivity (Wildman–Crippen MR) is 47.7 cm³/mol. The molecule has 1 aliphatic carbocycles. The summed E-state index contributed by atoms with van der Waals surface area (Å²) in [6.07, 6.45) is 9.67. The Morgan fingerprint density at radius 1 is 1.42 bits per heavy atom. The van der Waals surface area contributed by atoms with Crippen LogP contribution in [0, 0.1) is 0 Å². The van der Waals surface area contributed by atoms with Crippen LogP contribution in [-0.4, -0.2) is 23.4 Å². The molecule has 1 aliphatic heterocycles. The molecule has 2 rings (SSSR count). The van der Waals surface area contributed by atoms with E-state index < -0.39 is 0 Å². The lowest BCUT2D eigenvalue weighted by molar-refractivity contribution is -0.129. The summed E-state index contributed by atoms with van der Waals surface area (Å²) in [6, 6.07) is 0.519. The van der Waals surface area contributed by atoms with Gasteiger partial charge < -0.3 is 4.90 Å². The first-order chi connectivity index (χ1) is 5.88. The Kier molecular flexibility index (Phi) is 2.15. The third-order valence-corrected chi connectivity index (χ3v) is 2.79. The number of rotatable bonds is 1. The SMILES string of the molecule is O=C1CCCN1C1CC=CCC1. The van der Waals surface area contributed by atoms with E-state index in [9.17, 15) is 4.79 Å². The molecule has 1 fully saturated rings. The lowest BCUT2D eigenvalue weighted by Crippen LogP contribution is -2.36. The Morgan fingerprint density at radius 3 is 2.92 bits per heavy atom. The molecule has 0 saturated carbocycles. The van der Waals surface area contributed by atoms with Gasteiger partial charge in [0.05, 0.1) is 0 Å². The van der Waals surface area contributed by atoms with Crippen molar-refractivity contribution < 1.29 is 4.79 Å². The van der Waals surface area contributed by atoms with Gasteiger partial charge in [-0.2, -0.15) is 0 Å². The number of hydrogen-bond acceptors (Lipinski definition) is 1. The summed E-state index contributed by atoms with van der Waals surface area (Å²) >= 11 is 0. The molecule has 0 N–H and O–H groups in total. The quantitative estimate of drug-likeness (QED) is 0.542. The minimum Gasteiger partial charge on any atom is -0.339 e. The smallest absolute Gasteiger partial charge is 0.222 e. The third-order valence-electron chi connectivity index (χ3n) is 2.79. The van der Waals surface area contributed by atoms with Gasteiger partial charge in [-0.05, 0) is 25.7 Å². The molecule has 0 radical (unpaired) electrons. The molecule has 1 saturated heterocycles. The van der Waals surface area contributed by atoms with Gasteiger partial charge in [-0.3, -0.25) is 4.79 Å². The molecule has 2 heteroatoms. The molecular weight excluding hydrogens is 150 g/mol. The van der Waals surface area contributed by atoms with Crippen LogP contribution in [0.4, 0.5) is 0 Å². The highest BCUT2D eigenvalue weighted by Gasteiger charge is 2.27. The highest BCUT2D eigenvalue weighted by atomic mass is 16.2. The number of amides is 1. The first kappa shape index (κ1) is 7.84. The molecule has 0 aromatic rings. The monoisotopic (exact) mass is 165 g/mol. The zero-order chi connectivity index (χ0) is 8.39. The summed E-state index contributed by atoms with van der Waals surface area (Å²) in [7, 11) is 0. The van der Waals surface area contributed by atoms with Gasteiger partial charge in [0.1, 0.15) is 0 Å². The molecule has 66 valence electrons. The largest absolute Gasteiger partial charge is 0.339 e. The lowest BCUT2D eigenvalue weighted by atomic mass is 10.0. The second kappa shape index (κ2) is 3.30. The van der Waals surface area contributed by atoms with Crippen molar-refractivity contribution in [2.45, 2.75) is 38.1 Å². The van der Waals surface area contributed by atoms with Crippen LogP contribution >= 0.6 is 0 Å². The van der Waals surface area contributed by atoms with Crippen molar-refractivity contribution in [2.24, 2.45) is 0 Å². The van der Waals surface area contributed by atoms with E-state index in [0.717, 1.165) is 32.2 Å². The van der Waals surface area contributed by atoms with E-state index in [-0.39, 0.29) is 0 Å². The highest BCUT2D eigenvalue weighted by molar-refractivity contribution is 5.78. The minimum absolute atomic E-state index is 0.371. The van der Waals surface area contributed by atoms with Crippen LogP contribution in [0.5, 0.6) is 0 Å². The summed E-state index contributed by atoms with van der Waals surface area (Å²) in [5.74, 6) is 0.371. The summed E-state index contributed by atoms with van der Waals surface area (Å²) in [6.45, 7) is 0.997. The minimum atomic E-state index is 0.371. The standard InChI is InChI=1S/C10H15NO/c12-10-7-4-8-11(10)9-5-2-1-3-6-9/h1-2,9H,3-8H2. The molecule has 0 bridgehead atoms. The van der Waals surface area contributed by atoms with E-state index >= 15 is 0 Å². The molecule has 12 heavy (non-hydrogen) atoms. The van der Waals surface area contributed by atoms with Crippen LogP contribution in [-0.2, 0) is 4.79 Å². The fourth-order valence-corrected chi connectivity index (χ4v) is 2.12. The zero-order valence-electron chi connectivity index (χ0n) is 7.33. The second-order valence-corrected chi connectivity index (χ2v) is 3.63. The number of carbonyl (C=O) groups is 1. The van der Waals surface area contributed by atoms with Crippen LogP contribution in [0.1, 0.15) is 32.1 Å². The van der Waals surface area contributed by atoms with Crippen molar-refractivity contribution in [3.05, 3.63) is 12.2 Å². The van der Waals surface area contributed by atoms with E-state index in [4.69, 9.17) is 0 Å². The van der Waals surface area contributed by atoms with E-state index in [1.807, 2.05) is 0 Å². The molecule has 1 atom stereocenters. The van der Waals surface area contributed by atoms with Crippen molar-refractivity contribution in [1.82, 2.24) is 4.90 Å². The second-order valence-electron chi connectivity index (χ2n) is 3.63. The lowest BCUT2D eigenvalue weighted by Gasteiger charge is -2.28. The van der Waals surface area contributed by atoms with Gasteiger partial charge in [-0.25, -0.2) is 0 Å². The zero-order valence-corrected chi connectivity index (χ0v) is 7.33. The van der Waals surface area contributed by atoms with Crippen molar-refractivity contribution in [3.8, 4) is 0 Å². The van der Waals surface area contributed by atoms with Crippen molar-refractivity contribution >= 4 is 5.91 Å². The number of allylic oxidation sites excluding steroid dienone is 1. The Bertz CT molecular complexity index is 210. The maximum Gasteiger partial charge on any atom is 0.222 e. The van der Waals surface area contributed by atoms with Gasteiger partial charge in [0.2, 0.25) is 5.91 Å². The Labute approximate surface area is 73.2 Å². The number of hydrogen-bond donors (Lipinski definition) is 0. The van der Waals surface area contributed by atoms with E-state index in [1.54, 1.807) is 0 Å². The maximum atomic E-state index is 11.4. The van der Waals surface area contributed by atoms with Crippen molar-refractivity contribution in [2.75, 3.05) is 6.54 Å². The number of nitrogens with zero attached hydrogens (tertiary/aromatic N) is 1. The van der Waals surface area contributed by atoms with E-state index in [1.165, 1.54) is 6.42 Å². The van der Waals surface area contributed by atoms with E-state index in [2.05, 4.69) is 17.1 Å². The molecule has 0 aromatic carbocycles. The first-order valence-electron chi connectivity index (χ1n) is 4.82. The van der Waals surface area contributed by atoms with Gasteiger partial charge in [0.25, 0.3) is 0 Å². The molecular formula is C10H15NO. The topological polar surface area (TPSA) is 20.3 Å². The maximum absolute atomic E-state index is 11.4. The van der Waals surface area contributed by atoms with Crippen LogP contribution in [0.15, 0.2) is 12.2 Å². The van der Waals surface area contributed by atoms with E-state index in [0.29, 0.717) is 11.9 Å². The molecule has 1 heterocycles. The number of carbonyl (C=O) groups excluding carboxylic acids is 1.